The molecule has 2 N–H and O–H groups in total. The Labute approximate surface area is 81.3 Å². The Morgan fingerprint density at radius 1 is 1.64 bits per heavy atom. The number of aromatic nitrogens is 2. The normalized spacial score (nSPS) is 18.4. The number of hydrogen-bond donors (Lipinski definition) is 1. The lowest BCUT2D eigenvalue weighted by Crippen LogP contribution is -2.06. The lowest BCUT2D eigenvalue weighted by molar-refractivity contribution is 0.0750. The Bertz CT molecular complexity index is 298. The monoisotopic (exact) mass is 199 g/mol. The van der Waals surface area contributed by atoms with Crippen LogP contribution in [0.4, 0.5) is 0 Å². The van der Waals surface area contributed by atoms with Crippen LogP contribution in [-0.2, 0) is 16.2 Å². The van der Waals surface area contributed by atoms with E-state index in [9.17, 15) is 0 Å². The summed E-state index contributed by atoms with van der Waals surface area (Å²) in [5.41, 5.74) is 0. The van der Waals surface area contributed by atoms with Crippen LogP contribution in [0.25, 0.3) is 0 Å². The van der Waals surface area contributed by atoms with Crippen molar-refractivity contribution >= 4 is 0 Å². The van der Waals surface area contributed by atoms with Crippen LogP contribution < -0.4 is 5.90 Å². The van der Waals surface area contributed by atoms with E-state index in [1.165, 1.54) is 0 Å². The lowest BCUT2D eigenvalue weighted by Gasteiger charge is -2.07. The first kappa shape index (κ1) is 9.57. The largest absolute Gasteiger partial charge is 0.373 e. The number of methoxy groups -OCH3 is 1. The van der Waals surface area contributed by atoms with Gasteiger partial charge in [0, 0.05) is 7.11 Å². The highest BCUT2D eigenvalue weighted by molar-refractivity contribution is 4.97. The highest BCUT2D eigenvalue weighted by Gasteiger charge is 2.35. The van der Waals surface area contributed by atoms with E-state index >= 15 is 0 Å². The first-order valence-corrected chi connectivity index (χ1v) is 4.52. The molecule has 1 aromatic heterocycles. The van der Waals surface area contributed by atoms with E-state index in [1.807, 2.05) is 0 Å². The molecule has 1 aromatic rings. The highest BCUT2D eigenvalue weighted by atomic mass is 16.6. The zero-order valence-corrected chi connectivity index (χ0v) is 7.97. The van der Waals surface area contributed by atoms with Crippen LogP contribution >= 0.6 is 0 Å². The number of nitrogens with zero attached hydrogens (tertiary/aromatic N) is 2. The van der Waals surface area contributed by atoms with Gasteiger partial charge in [0.2, 0.25) is 5.82 Å². The Hall–Kier alpha value is -0.980. The summed E-state index contributed by atoms with van der Waals surface area (Å²) in [7, 11) is 1.65. The number of rotatable bonds is 5. The van der Waals surface area contributed by atoms with E-state index in [0.29, 0.717) is 17.6 Å². The fourth-order valence-corrected chi connectivity index (χ4v) is 1.42. The van der Waals surface area contributed by atoms with Crippen molar-refractivity contribution in [1.82, 2.24) is 10.1 Å². The Kier molecular flexibility index (Phi) is 2.76. The molecule has 1 fully saturated rings. The van der Waals surface area contributed by atoms with Gasteiger partial charge in [-0.25, -0.2) is 5.90 Å². The number of nitrogens with two attached hydrogens (primary N) is 1. The van der Waals surface area contributed by atoms with E-state index in [0.717, 1.165) is 12.8 Å². The predicted molar refractivity (Wildman–Crippen MR) is 45.7 cm³/mol. The summed E-state index contributed by atoms with van der Waals surface area (Å²) in [6.45, 7) is 0.133. The molecule has 1 atom stereocenters. The molecule has 14 heavy (non-hydrogen) atoms. The van der Waals surface area contributed by atoms with Gasteiger partial charge in [0.15, 0.2) is 0 Å². The van der Waals surface area contributed by atoms with Crippen molar-refractivity contribution in [3.8, 4) is 0 Å². The fourth-order valence-electron chi connectivity index (χ4n) is 1.42. The van der Waals surface area contributed by atoms with Gasteiger partial charge in [-0.3, -0.25) is 4.84 Å². The molecular weight excluding hydrogens is 186 g/mol. The van der Waals surface area contributed by atoms with Gasteiger partial charge in [0.1, 0.15) is 12.7 Å². The molecule has 78 valence electrons. The average Bonchev–Trinajstić information content (AvgIpc) is 2.90. The number of ether oxygens (including phenoxy) is 1. The molecule has 1 aliphatic rings. The molecule has 1 heterocycles. The van der Waals surface area contributed by atoms with Crippen molar-refractivity contribution in [2.45, 2.75) is 25.6 Å². The molecule has 0 spiro atoms. The van der Waals surface area contributed by atoms with E-state index < -0.39 is 0 Å². The van der Waals surface area contributed by atoms with Gasteiger partial charge >= 0.3 is 0 Å². The molecule has 1 unspecified atom stereocenters. The molecule has 0 saturated heterocycles. The minimum absolute atomic E-state index is 0.0507. The minimum atomic E-state index is -0.0507. The summed E-state index contributed by atoms with van der Waals surface area (Å²) in [6.07, 6.45) is 2.27. The van der Waals surface area contributed by atoms with Crippen molar-refractivity contribution in [3.63, 3.8) is 0 Å². The summed E-state index contributed by atoms with van der Waals surface area (Å²) in [4.78, 5) is 8.52. The molecule has 0 amide bonds. The van der Waals surface area contributed by atoms with Gasteiger partial charge in [0.05, 0.1) is 0 Å². The predicted octanol–water partition coefficient (Wildman–Crippen LogP) is 0.557. The van der Waals surface area contributed by atoms with Gasteiger partial charge in [0.25, 0.3) is 5.89 Å². The quantitative estimate of drug-likeness (QED) is 0.697. The van der Waals surface area contributed by atoms with E-state index in [1.54, 1.807) is 7.11 Å². The van der Waals surface area contributed by atoms with Crippen molar-refractivity contribution in [1.29, 1.82) is 0 Å². The summed E-state index contributed by atoms with van der Waals surface area (Å²) >= 11 is 0. The average molecular weight is 199 g/mol. The molecule has 2 rings (SSSR count). The third-order valence-electron chi connectivity index (χ3n) is 2.25. The van der Waals surface area contributed by atoms with Gasteiger partial charge in [-0.15, -0.1) is 0 Å². The lowest BCUT2D eigenvalue weighted by atomic mass is 10.2. The van der Waals surface area contributed by atoms with Gasteiger partial charge in [-0.2, -0.15) is 4.98 Å². The van der Waals surface area contributed by atoms with Crippen LogP contribution in [0.1, 0.15) is 30.7 Å². The van der Waals surface area contributed by atoms with Gasteiger partial charge < -0.3 is 9.26 Å². The van der Waals surface area contributed by atoms with Crippen LogP contribution in [0, 0.1) is 5.92 Å². The molecule has 6 heteroatoms. The maximum atomic E-state index is 5.29. The number of hydrogen-bond acceptors (Lipinski definition) is 6. The van der Waals surface area contributed by atoms with Crippen molar-refractivity contribution in [2.24, 2.45) is 11.8 Å². The molecule has 0 aromatic carbocycles. The van der Waals surface area contributed by atoms with E-state index in [-0.39, 0.29) is 12.7 Å². The molecule has 6 nitrogen and oxygen atoms in total. The second-order valence-electron chi connectivity index (χ2n) is 3.35. The van der Waals surface area contributed by atoms with E-state index in [4.69, 9.17) is 15.2 Å². The van der Waals surface area contributed by atoms with Crippen molar-refractivity contribution in [3.05, 3.63) is 11.7 Å². The Balaban J connectivity index is 2.05. The SMILES string of the molecule is COC(c1noc(CON)n1)C1CC1. The van der Waals surface area contributed by atoms with Crippen molar-refractivity contribution < 1.29 is 14.1 Å². The zero-order chi connectivity index (χ0) is 9.97. The summed E-state index contributed by atoms with van der Waals surface area (Å²) in [5.74, 6) is 6.39. The summed E-state index contributed by atoms with van der Waals surface area (Å²) in [6, 6.07) is 0. The first-order chi connectivity index (χ1) is 6.85. The standard InChI is InChI=1S/C8H13N3O3/c1-12-7(5-2-3-5)8-10-6(4-13-9)14-11-8/h5,7H,2-4,9H2,1H3. The second kappa shape index (κ2) is 4.04. The van der Waals surface area contributed by atoms with Crippen molar-refractivity contribution in [2.75, 3.05) is 7.11 Å². The van der Waals surface area contributed by atoms with Crippen LogP contribution in [0.3, 0.4) is 0 Å². The maximum Gasteiger partial charge on any atom is 0.254 e. The molecule has 1 aliphatic carbocycles. The van der Waals surface area contributed by atoms with Crippen LogP contribution in [0.5, 0.6) is 0 Å². The summed E-state index contributed by atoms with van der Waals surface area (Å²) in [5, 5.41) is 3.82. The third kappa shape index (κ3) is 1.92. The third-order valence-corrected chi connectivity index (χ3v) is 2.25. The molecule has 0 bridgehead atoms. The van der Waals surface area contributed by atoms with Crippen LogP contribution in [0.2, 0.25) is 0 Å². The second-order valence-corrected chi connectivity index (χ2v) is 3.35. The molecule has 0 radical (unpaired) electrons. The van der Waals surface area contributed by atoms with Gasteiger partial charge in [-0.05, 0) is 18.8 Å². The van der Waals surface area contributed by atoms with E-state index in [2.05, 4.69) is 15.0 Å². The maximum absolute atomic E-state index is 5.29. The smallest absolute Gasteiger partial charge is 0.254 e. The summed E-state index contributed by atoms with van der Waals surface area (Å²) < 4.78 is 10.2. The van der Waals surface area contributed by atoms with Crippen LogP contribution in [-0.4, -0.2) is 17.3 Å². The molecule has 0 aliphatic heterocycles. The first-order valence-electron chi connectivity index (χ1n) is 4.52. The Morgan fingerprint density at radius 3 is 3.00 bits per heavy atom. The minimum Gasteiger partial charge on any atom is -0.373 e. The van der Waals surface area contributed by atoms with Gasteiger partial charge in [-0.1, -0.05) is 5.16 Å². The Morgan fingerprint density at radius 2 is 2.43 bits per heavy atom. The topological polar surface area (TPSA) is 83.4 Å². The molecule has 1 saturated carbocycles. The zero-order valence-electron chi connectivity index (χ0n) is 7.97. The fraction of sp³-hybridized carbons (Fsp3) is 0.750. The van der Waals surface area contributed by atoms with Crippen LogP contribution in [0.15, 0.2) is 4.52 Å². The highest BCUT2D eigenvalue weighted by Crippen LogP contribution is 2.41. The molecular formula is C8H13N3O3.